The Bertz CT molecular complexity index is 647. The number of hydrogen-bond donors (Lipinski definition) is 4. The van der Waals surface area contributed by atoms with Gasteiger partial charge in [-0.25, -0.2) is 0 Å². The summed E-state index contributed by atoms with van der Waals surface area (Å²) >= 11 is 0. The maximum atomic E-state index is 13.8. The second kappa shape index (κ2) is 6.45. The Morgan fingerprint density at radius 2 is 0.840 bits per heavy atom. The Hall–Kier alpha value is -2.46. The van der Waals surface area contributed by atoms with Gasteiger partial charge in [-0.3, -0.25) is 21.4 Å². The molecule has 4 N–H and O–H groups in total. The van der Waals surface area contributed by atoms with Gasteiger partial charge in [-0.05, 0) is 35.4 Å². The minimum atomic E-state index is -5.70. The summed E-state index contributed by atoms with van der Waals surface area (Å²) in [5, 5.41) is 17.4. The SMILES string of the molecule is ONc1ccc(C(c2ccc(NO)cc2)(C(F)(F)F)C(F)(F)F)cc1. The molecule has 0 spiro atoms. The molecule has 25 heavy (non-hydrogen) atoms. The third-order valence-corrected chi connectivity index (χ3v) is 3.74. The van der Waals surface area contributed by atoms with E-state index in [-0.39, 0.29) is 11.4 Å². The fourth-order valence-electron chi connectivity index (χ4n) is 2.57. The molecule has 0 aliphatic carbocycles. The molecule has 2 rings (SSSR count). The van der Waals surface area contributed by atoms with Crippen molar-refractivity contribution in [3.05, 3.63) is 59.7 Å². The van der Waals surface area contributed by atoms with Gasteiger partial charge in [0, 0.05) is 0 Å². The van der Waals surface area contributed by atoms with Crippen molar-refractivity contribution >= 4 is 11.4 Å². The topological polar surface area (TPSA) is 64.5 Å². The molecule has 10 heteroatoms. The molecule has 0 atom stereocenters. The normalized spacial score (nSPS) is 12.8. The van der Waals surface area contributed by atoms with Gasteiger partial charge in [-0.15, -0.1) is 0 Å². The number of alkyl halides is 6. The summed E-state index contributed by atoms with van der Waals surface area (Å²) in [7, 11) is 0. The molecule has 0 saturated carbocycles. The summed E-state index contributed by atoms with van der Waals surface area (Å²) in [6.07, 6.45) is -11.4. The van der Waals surface area contributed by atoms with E-state index in [1.807, 2.05) is 0 Å². The van der Waals surface area contributed by atoms with Crippen LogP contribution in [0.5, 0.6) is 0 Å². The summed E-state index contributed by atoms with van der Waals surface area (Å²) in [5.74, 6) is 0. The first-order chi connectivity index (χ1) is 11.6. The molecule has 2 aromatic carbocycles. The number of rotatable bonds is 4. The van der Waals surface area contributed by atoms with Gasteiger partial charge in [0.25, 0.3) is 0 Å². The lowest BCUT2D eigenvalue weighted by Gasteiger charge is -2.38. The van der Waals surface area contributed by atoms with E-state index in [0.717, 1.165) is 24.3 Å². The van der Waals surface area contributed by atoms with Crippen LogP contribution >= 0.6 is 0 Å². The van der Waals surface area contributed by atoms with Crippen molar-refractivity contribution in [2.75, 3.05) is 11.0 Å². The molecule has 0 bridgehead atoms. The van der Waals surface area contributed by atoms with E-state index in [4.69, 9.17) is 10.4 Å². The second-order valence-corrected chi connectivity index (χ2v) is 5.12. The van der Waals surface area contributed by atoms with Crippen molar-refractivity contribution in [2.24, 2.45) is 0 Å². The molecule has 0 radical (unpaired) electrons. The average molecular weight is 366 g/mol. The Kier molecular flexibility index (Phi) is 4.87. The fraction of sp³-hybridized carbons (Fsp3) is 0.200. The molecule has 2 aromatic rings. The van der Waals surface area contributed by atoms with E-state index in [0.29, 0.717) is 24.3 Å². The van der Waals surface area contributed by atoms with E-state index in [2.05, 4.69) is 0 Å². The highest BCUT2D eigenvalue weighted by Crippen LogP contribution is 2.56. The van der Waals surface area contributed by atoms with Crippen molar-refractivity contribution < 1.29 is 36.8 Å². The van der Waals surface area contributed by atoms with Gasteiger partial charge in [-0.1, -0.05) is 24.3 Å². The van der Waals surface area contributed by atoms with Crippen LogP contribution in [0, 0.1) is 0 Å². The summed E-state index contributed by atoms with van der Waals surface area (Å²) in [4.78, 5) is 0. The van der Waals surface area contributed by atoms with Gasteiger partial charge in [0.1, 0.15) is 0 Å². The number of anilines is 2. The van der Waals surface area contributed by atoms with E-state index in [1.54, 1.807) is 11.0 Å². The predicted octanol–water partition coefficient (Wildman–Crippen LogP) is 4.70. The van der Waals surface area contributed by atoms with Crippen LogP contribution < -0.4 is 11.0 Å². The fourth-order valence-corrected chi connectivity index (χ4v) is 2.57. The van der Waals surface area contributed by atoms with Crippen molar-refractivity contribution in [2.45, 2.75) is 17.8 Å². The number of hydrogen-bond acceptors (Lipinski definition) is 4. The lowest BCUT2D eigenvalue weighted by Crippen LogP contribution is -2.54. The van der Waals surface area contributed by atoms with Gasteiger partial charge < -0.3 is 0 Å². The third-order valence-electron chi connectivity index (χ3n) is 3.74. The van der Waals surface area contributed by atoms with Crippen LogP contribution in [-0.4, -0.2) is 22.8 Å². The minimum Gasteiger partial charge on any atom is -0.291 e. The monoisotopic (exact) mass is 366 g/mol. The van der Waals surface area contributed by atoms with Crippen LogP contribution in [0.25, 0.3) is 0 Å². The molecule has 0 aliphatic heterocycles. The largest absolute Gasteiger partial charge is 0.411 e. The van der Waals surface area contributed by atoms with E-state index in [1.165, 1.54) is 0 Å². The molecule has 0 aliphatic rings. The Labute approximate surface area is 137 Å². The maximum absolute atomic E-state index is 13.8. The van der Waals surface area contributed by atoms with Gasteiger partial charge in [0.05, 0.1) is 11.4 Å². The maximum Gasteiger partial charge on any atom is 0.411 e. The Balaban J connectivity index is 2.80. The number of halogens is 6. The lowest BCUT2D eigenvalue weighted by molar-refractivity contribution is -0.288. The summed E-state index contributed by atoms with van der Waals surface area (Å²) in [5.41, 5.74) is -3.25. The van der Waals surface area contributed by atoms with Crippen LogP contribution in [0.3, 0.4) is 0 Å². The van der Waals surface area contributed by atoms with E-state index in [9.17, 15) is 26.3 Å². The highest BCUT2D eigenvalue weighted by Gasteiger charge is 2.72. The molecule has 0 heterocycles. The molecule has 0 amide bonds. The second-order valence-electron chi connectivity index (χ2n) is 5.12. The zero-order valence-electron chi connectivity index (χ0n) is 12.3. The first-order valence-corrected chi connectivity index (χ1v) is 6.72. The third kappa shape index (κ3) is 3.10. The van der Waals surface area contributed by atoms with E-state index < -0.39 is 28.9 Å². The molecule has 0 aromatic heterocycles. The smallest absolute Gasteiger partial charge is 0.291 e. The van der Waals surface area contributed by atoms with Crippen molar-refractivity contribution in [3.63, 3.8) is 0 Å². The van der Waals surface area contributed by atoms with Crippen LogP contribution in [0.2, 0.25) is 0 Å². The van der Waals surface area contributed by atoms with Crippen molar-refractivity contribution in [1.82, 2.24) is 0 Å². The van der Waals surface area contributed by atoms with Crippen molar-refractivity contribution in [3.8, 4) is 0 Å². The number of nitrogens with one attached hydrogen (secondary N) is 2. The van der Waals surface area contributed by atoms with Crippen LogP contribution in [-0.2, 0) is 5.41 Å². The first kappa shape index (κ1) is 18.9. The minimum absolute atomic E-state index is 0.0678. The molecular weight excluding hydrogens is 354 g/mol. The summed E-state index contributed by atoms with van der Waals surface area (Å²) in [6, 6.07) is 6.12. The summed E-state index contributed by atoms with van der Waals surface area (Å²) < 4.78 is 82.5. The van der Waals surface area contributed by atoms with E-state index >= 15 is 0 Å². The van der Waals surface area contributed by atoms with Gasteiger partial charge in [0.2, 0.25) is 5.41 Å². The first-order valence-electron chi connectivity index (χ1n) is 6.72. The zero-order chi connectivity index (χ0) is 18.9. The quantitative estimate of drug-likeness (QED) is 0.468. The lowest BCUT2D eigenvalue weighted by atomic mass is 9.73. The van der Waals surface area contributed by atoms with Gasteiger partial charge in [0.15, 0.2) is 0 Å². The molecule has 4 nitrogen and oxygen atoms in total. The van der Waals surface area contributed by atoms with Gasteiger partial charge in [-0.2, -0.15) is 26.3 Å². The molecule has 0 fully saturated rings. The standard InChI is InChI=1S/C15H12F6N2O2/c16-14(17,18)13(15(19,20)21,9-1-5-11(22-24)6-2-9)10-3-7-12(23-25)8-4-10/h1-8,22-25H. The molecular formula is C15H12F6N2O2. The molecule has 136 valence electrons. The van der Waals surface area contributed by atoms with Gasteiger partial charge >= 0.3 is 12.4 Å². The molecule has 0 unspecified atom stereocenters. The van der Waals surface area contributed by atoms with Crippen LogP contribution in [0.15, 0.2) is 48.5 Å². The van der Waals surface area contributed by atoms with Crippen LogP contribution in [0.4, 0.5) is 37.7 Å². The Morgan fingerprint density at radius 1 is 0.560 bits per heavy atom. The van der Waals surface area contributed by atoms with Crippen LogP contribution in [0.1, 0.15) is 11.1 Å². The van der Waals surface area contributed by atoms with Crippen molar-refractivity contribution in [1.29, 1.82) is 0 Å². The summed E-state index contributed by atoms with van der Waals surface area (Å²) in [6.45, 7) is 0. The zero-order valence-corrected chi connectivity index (χ0v) is 12.3. The highest BCUT2D eigenvalue weighted by molar-refractivity contribution is 5.52. The predicted molar refractivity (Wildman–Crippen MR) is 76.6 cm³/mol. The highest BCUT2D eigenvalue weighted by atomic mass is 19.4. The average Bonchev–Trinajstić information content (AvgIpc) is 2.54. The Morgan fingerprint density at radius 3 is 1.04 bits per heavy atom. The number of benzene rings is 2. The molecule has 0 saturated heterocycles.